The summed E-state index contributed by atoms with van der Waals surface area (Å²) in [4.78, 5) is 25.3. The first-order valence-corrected chi connectivity index (χ1v) is 5.61. The molecule has 1 amide bonds. The lowest BCUT2D eigenvalue weighted by atomic mass is 9.85. The van der Waals surface area contributed by atoms with Crippen LogP contribution in [0.4, 0.5) is 11.4 Å². The van der Waals surface area contributed by atoms with Crippen LogP contribution in [0.25, 0.3) is 0 Å². The van der Waals surface area contributed by atoms with E-state index in [1.807, 2.05) is 13.8 Å². The summed E-state index contributed by atoms with van der Waals surface area (Å²) in [5, 5.41) is 0. The number of anilines is 2. The Labute approximate surface area is 106 Å². The topological polar surface area (TPSA) is 72.6 Å². The van der Waals surface area contributed by atoms with Crippen molar-refractivity contribution < 1.29 is 14.3 Å². The third kappa shape index (κ3) is 1.47. The first-order valence-electron chi connectivity index (χ1n) is 5.61. The lowest BCUT2D eigenvalue weighted by Gasteiger charge is -2.16. The molecule has 18 heavy (non-hydrogen) atoms. The first-order chi connectivity index (χ1) is 8.30. The number of nitrogen functional groups attached to an aromatic ring is 1. The van der Waals surface area contributed by atoms with Gasteiger partial charge in [-0.15, -0.1) is 0 Å². The smallest absolute Gasteiger partial charge is 0.339 e. The third-order valence-corrected chi connectivity index (χ3v) is 3.45. The fourth-order valence-corrected chi connectivity index (χ4v) is 2.31. The van der Waals surface area contributed by atoms with Gasteiger partial charge in [0.2, 0.25) is 5.91 Å². The molecule has 1 aromatic rings. The second kappa shape index (κ2) is 3.73. The van der Waals surface area contributed by atoms with Crippen LogP contribution >= 0.6 is 0 Å². The minimum absolute atomic E-state index is 0.0149. The number of amides is 1. The average Bonchev–Trinajstić information content (AvgIpc) is 2.49. The molecule has 96 valence electrons. The van der Waals surface area contributed by atoms with E-state index in [9.17, 15) is 9.59 Å². The summed E-state index contributed by atoms with van der Waals surface area (Å²) in [6.07, 6.45) is 0. The maximum absolute atomic E-state index is 12.1. The van der Waals surface area contributed by atoms with E-state index in [0.717, 1.165) is 11.3 Å². The summed E-state index contributed by atoms with van der Waals surface area (Å²) in [5.74, 6) is -0.507. The van der Waals surface area contributed by atoms with Gasteiger partial charge in [-0.25, -0.2) is 4.79 Å². The van der Waals surface area contributed by atoms with Gasteiger partial charge < -0.3 is 15.4 Å². The second-order valence-corrected chi connectivity index (χ2v) is 4.94. The highest BCUT2D eigenvalue weighted by molar-refractivity contribution is 6.09. The van der Waals surface area contributed by atoms with E-state index in [1.165, 1.54) is 7.11 Å². The molecule has 1 heterocycles. The molecule has 0 bridgehead atoms. The second-order valence-electron chi connectivity index (χ2n) is 4.94. The zero-order valence-electron chi connectivity index (χ0n) is 10.9. The molecule has 0 radical (unpaired) electrons. The maximum Gasteiger partial charge on any atom is 0.339 e. The van der Waals surface area contributed by atoms with Gasteiger partial charge in [0.25, 0.3) is 0 Å². The number of ether oxygens (including phenoxy) is 1. The molecule has 1 aliphatic heterocycles. The van der Waals surface area contributed by atoms with E-state index in [0.29, 0.717) is 11.3 Å². The molecule has 0 unspecified atom stereocenters. The van der Waals surface area contributed by atoms with Crippen LogP contribution in [0.15, 0.2) is 12.1 Å². The van der Waals surface area contributed by atoms with E-state index < -0.39 is 11.4 Å². The van der Waals surface area contributed by atoms with Crippen LogP contribution in [0.3, 0.4) is 0 Å². The normalized spacial score (nSPS) is 16.7. The van der Waals surface area contributed by atoms with Crippen LogP contribution in [-0.4, -0.2) is 26.0 Å². The quantitative estimate of drug-likeness (QED) is 0.600. The number of nitrogens with zero attached hydrogens (tertiary/aromatic N) is 1. The molecule has 0 atom stereocenters. The van der Waals surface area contributed by atoms with Gasteiger partial charge in [0, 0.05) is 18.4 Å². The van der Waals surface area contributed by atoms with Crippen molar-refractivity contribution in [3.8, 4) is 0 Å². The van der Waals surface area contributed by atoms with E-state index in [2.05, 4.69) is 4.74 Å². The standard InChI is InChI=1S/C13H16N2O3/c1-13(2)8-5-7(11(16)18-4)9(14)6-10(8)15(3)12(13)17/h5-6H,14H2,1-4H3. The van der Waals surface area contributed by atoms with Crippen molar-refractivity contribution in [3.05, 3.63) is 23.3 Å². The minimum Gasteiger partial charge on any atom is -0.465 e. The van der Waals surface area contributed by atoms with Gasteiger partial charge in [0.15, 0.2) is 0 Å². The molecular formula is C13H16N2O3. The predicted molar refractivity (Wildman–Crippen MR) is 68.6 cm³/mol. The fraction of sp³-hybridized carbons (Fsp3) is 0.385. The number of hydrogen-bond acceptors (Lipinski definition) is 4. The molecule has 0 aliphatic carbocycles. The van der Waals surface area contributed by atoms with Crippen molar-refractivity contribution >= 4 is 23.3 Å². The first kappa shape index (κ1) is 12.4. The van der Waals surface area contributed by atoms with Gasteiger partial charge in [0.1, 0.15) is 0 Å². The Hall–Kier alpha value is -2.04. The van der Waals surface area contributed by atoms with Crippen molar-refractivity contribution in [3.63, 3.8) is 0 Å². The number of rotatable bonds is 1. The number of likely N-dealkylation sites (N-methyl/N-ethyl adjacent to an activating group) is 1. The van der Waals surface area contributed by atoms with Gasteiger partial charge >= 0.3 is 5.97 Å². The highest BCUT2D eigenvalue weighted by Crippen LogP contribution is 2.42. The van der Waals surface area contributed by atoms with E-state index in [4.69, 9.17) is 5.73 Å². The Bertz CT molecular complexity index is 549. The Morgan fingerprint density at radius 2 is 2.00 bits per heavy atom. The number of esters is 1. The molecule has 0 saturated carbocycles. The summed E-state index contributed by atoms with van der Waals surface area (Å²) in [7, 11) is 3.00. The zero-order chi connectivity index (χ0) is 13.7. The summed E-state index contributed by atoms with van der Waals surface area (Å²) < 4.78 is 4.68. The van der Waals surface area contributed by atoms with Crippen molar-refractivity contribution in [2.45, 2.75) is 19.3 Å². The molecule has 5 nitrogen and oxygen atoms in total. The average molecular weight is 248 g/mol. The van der Waals surface area contributed by atoms with Crippen LogP contribution in [-0.2, 0) is 14.9 Å². The van der Waals surface area contributed by atoms with Crippen LogP contribution in [0.2, 0.25) is 0 Å². The van der Waals surface area contributed by atoms with Gasteiger partial charge in [-0.3, -0.25) is 4.79 Å². The SMILES string of the molecule is COC(=O)c1cc2c(cc1N)N(C)C(=O)C2(C)C. The lowest BCUT2D eigenvalue weighted by molar-refractivity contribution is -0.121. The number of methoxy groups -OCH3 is 1. The molecule has 0 saturated heterocycles. The molecule has 1 aliphatic rings. The highest BCUT2D eigenvalue weighted by atomic mass is 16.5. The maximum atomic E-state index is 12.1. The Morgan fingerprint density at radius 3 is 2.56 bits per heavy atom. The zero-order valence-corrected chi connectivity index (χ0v) is 10.9. The fourth-order valence-electron chi connectivity index (χ4n) is 2.31. The number of hydrogen-bond donors (Lipinski definition) is 1. The lowest BCUT2D eigenvalue weighted by Crippen LogP contribution is -2.33. The number of nitrogens with two attached hydrogens (primary N) is 1. The predicted octanol–water partition coefficient (Wildman–Crippen LogP) is 1.31. The molecule has 0 fully saturated rings. The van der Waals surface area contributed by atoms with Gasteiger partial charge in [-0.1, -0.05) is 0 Å². The number of benzene rings is 1. The highest BCUT2D eigenvalue weighted by Gasteiger charge is 2.43. The molecule has 0 aromatic heterocycles. The van der Waals surface area contributed by atoms with Crippen molar-refractivity contribution in [1.29, 1.82) is 0 Å². The number of carbonyl (C=O) groups is 2. The van der Waals surface area contributed by atoms with Crippen LogP contribution < -0.4 is 10.6 Å². The largest absolute Gasteiger partial charge is 0.465 e. The van der Waals surface area contributed by atoms with Gasteiger partial charge in [-0.2, -0.15) is 0 Å². The molecular weight excluding hydrogens is 232 g/mol. The summed E-state index contributed by atoms with van der Waals surface area (Å²) in [5.41, 5.74) is 7.33. The van der Waals surface area contributed by atoms with Crippen molar-refractivity contribution in [1.82, 2.24) is 0 Å². The Balaban J connectivity index is 2.67. The Morgan fingerprint density at radius 1 is 1.39 bits per heavy atom. The summed E-state index contributed by atoms with van der Waals surface area (Å²) in [6, 6.07) is 3.30. The summed E-state index contributed by atoms with van der Waals surface area (Å²) in [6.45, 7) is 3.66. The van der Waals surface area contributed by atoms with Crippen LogP contribution in [0.5, 0.6) is 0 Å². The van der Waals surface area contributed by atoms with Crippen LogP contribution in [0, 0.1) is 0 Å². The van der Waals surface area contributed by atoms with Crippen molar-refractivity contribution in [2.24, 2.45) is 0 Å². The molecule has 5 heteroatoms. The number of carbonyl (C=O) groups excluding carboxylic acids is 2. The monoisotopic (exact) mass is 248 g/mol. The number of fused-ring (bicyclic) bond motifs is 1. The Kier molecular flexibility index (Phi) is 2.57. The van der Waals surface area contributed by atoms with Gasteiger partial charge in [-0.05, 0) is 31.5 Å². The molecule has 1 aromatic carbocycles. The van der Waals surface area contributed by atoms with Crippen molar-refractivity contribution in [2.75, 3.05) is 24.8 Å². The van der Waals surface area contributed by atoms with E-state index in [-0.39, 0.29) is 5.91 Å². The molecule has 0 spiro atoms. The molecule has 2 N–H and O–H groups in total. The summed E-state index contributed by atoms with van der Waals surface area (Å²) >= 11 is 0. The third-order valence-electron chi connectivity index (χ3n) is 3.45. The minimum atomic E-state index is -0.652. The van der Waals surface area contributed by atoms with E-state index in [1.54, 1.807) is 24.1 Å². The van der Waals surface area contributed by atoms with E-state index >= 15 is 0 Å². The van der Waals surface area contributed by atoms with Gasteiger partial charge in [0.05, 0.1) is 18.1 Å². The molecule has 2 rings (SSSR count). The van der Waals surface area contributed by atoms with Crippen LogP contribution in [0.1, 0.15) is 29.8 Å².